The lowest BCUT2D eigenvalue weighted by molar-refractivity contribution is 0.137. The zero-order chi connectivity index (χ0) is 19.6. The lowest BCUT2D eigenvalue weighted by Crippen LogP contribution is -2.47. The molecule has 0 spiro atoms. The van der Waals surface area contributed by atoms with Crippen LogP contribution in [0.5, 0.6) is 0 Å². The highest BCUT2D eigenvalue weighted by Gasteiger charge is 2.38. The van der Waals surface area contributed by atoms with E-state index in [1.807, 2.05) is 0 Å². The zero-order valence-electron chi connectivity index (χ0n) is 14.7. The SMILES string of the molecule is CS(=O)(=O)N[C@H]1CCN(C(=O)O)[C@H]1Cc1cccc(-c2cccc(F)c2)n1. The predicted molar refractivity (Wildman–Crippen MR) is 98.2 cm³/mol. The highest BCUT2D eigenvalue weighted by molar-refractivity contribution is 7.88. The van der Waals surface area contributed by atoms with Crippen LogP contribution in [0.4, 0.5) is 9.18 Å². The molecule has 144 valence electrons. The summed E-state index contributed by atoms with van der Waals surface area (Å²) in [6.45, 7) is 0.247. The van der Waals surface area contributed by atoms with E-state index in [4.69, 9.17) is 0 Å². The van der Waals surface area contributed by atoms with E-state index >= 15 is 0 Å². The molecule has 2 heterocycles. The van der Waals surface area contributed by atoms with Gasteiger partial charge in [0.2, 0.25) is 10.0 Å². The van der Waals surface area contributed by atoms with Gasteiger partial charge in [-0.1, -0.05) is 18.2 Å². The van der Waals surface area contributed by atoms with Crippen molar-refractivity contribution < 1.29 is 22.7 Å². The van der Waals surface area contributed by atoms with Gasteiger partial charge in [-0.2, -0.15) is 0 Å². The Morgan fingerprint density at radius 3 is 2.74 bits per heavy atom. The minimum atomic E-state index is -3.47. The number of benzene rings is 1. The average molecular weight is 393 g/mol. The quantitative estimate of drug-likeness (QED) is 0.810. The molecule has 1 fully saturated rings. The van der Waals surface area contributed by atoms with Crippen LogP contribution in [0.1, 0.15) is 12.1 Å². The van der Waals surface area contributed by atoms with Gasteiger partial charge >= 0.3 is 6.09 Å². The third-order valence-corrected chi connectivity index (χ3v) is 5.23. The number of sulfonamides is 1. The third-order valence-electron chi connectivity index (χ3n) is 4.50. The van der Waals surface area contributed by atoms with Gasteiger partial charge in [-0.25, -0.2) is 22.3 Å². The fourth-order valence-electron chi connectivity index (χ4n) is 3.37. The van der Waals surface area contributed by atoms with Gasteiger partial charge in [-0.15, -0.1) is 0 Å². The molecule has 0 bridgehead atoms. The van der Waals surface area contributed by atoms with E-state index in [0.717, 1.165) is 6.26 Å². The molecule has 3 rings (SSSR count). The minimum Gasteiger partial charge on any atom is -0.465 e. The number of rotatable bonds is 5. The Hall–Kier alpha value is -2.52. The zero-order valence-corrected chi connectivity index (χ0v) is 15.5. The molecular formula is C18H20FN3O4S. The summed E-state index contributed by atoms with van der Waals surface area (Å²) in [6, 6.07) is 10.2. The van der Waals surface area contributed by atoms with Crippen LogP contribution in [-0.2, 0) is 16.4 Å². The van der Waals surface area contributed by atoms with E-state index < -0.39 is 28.2 Å². The molecule has 1 aliphatic heterocycles. The molecule has 2 atom stereocenters. The Labute approximate surface area is 156 Å². The first kappa shape index (κ1) is 19.2. The second-order valence-corrected chi connectivity index (χ2v) is 8.34. The van der Waals surface area contributed by atoms with E-state index in [2.05, 4.69) is 9.71 Å². The largest absolute Gasteiger partial charge is 0.465 e. The Morgan fingerprint density at radius 2 is 2.07 bits per heavy atom. The lowest BCUT2D eigenvalue weighted by atomic mass is 10.0. The number of aromatic nitrogens is 1. The third kappa shape index (κ3) is 4.81. The summed E-state index contributed by atoms with van der Waals surface area (Å²) in [5.41, 5.74) is 1.79. The number of hydrogen-bond donors (Lipinski definition) is 2. The molecule has 0 aliphatic carbocycles. The van der Waals surface area contributed by atoms with Gasteiger partial charge in [0.15, 0.2) is 0 Å². The maximum Gasteiger partial charge on any atom is 0.407 e. The summed E-state index contributed by atoms with van der Waals surface area (Å²) in [5, 5.41) is 9.43. The van der Waals surface area contributed by atoms with Gasteiger partial charge in [0.05, 0.1) is 18.0 Å². The van der Waals surface area contributed by atoms with E-state index in [1.165, 1.54) is 17.0 Å². The Balaban J connectivity index is 1.87. The summed E-state index contributed by atoms with van der Waals surface area (Å²) in [7, 11) is -3.47. The fourth-order valence-corrected chi connectivity index (χ4v) is 4.20. The number of carbonyl (C=O) groups is 1. The Bertz CT molecular complexity index is 951. The normalized spacial score (nSPS) is 20.0. The number of halogens is 1. The number of hydrogen-bond acceptors (Lipinski definition) is 4. The first-order valence-corrected chi connectivity index (χ1v) is 10.3. The van der Waals surface area contributed by atoms with Crippen LogP contribution < -0.4 is 4.72 Å². The van der Waals surface area contributed by atoms with Gasteiger partial charge in [-0.05, 0) is 30.7 Å². The monoisotopic (exact) mass is 393 g/mol. The molecule has 0 radical (unpaired) electrons. The molecule has 9 heteroatoms. The minimum absolute atomic E-state index is 0.247. The maximum atomic E-state index is 13.5. The standard InChI is InChI=1S/C18H20FN3O4S/c1-27(25,26)21-16-8-9-22(18(23)24)17(16)11-14-6-3-7-15(20-14)12-4-2-5-13(19)10-12/h2-7,10,16-17,21H,8-9,11H2,1H3,(H,23,24)/t16-,17-/m0/s1. The predicted octanol–water partition coefficient (Wildman–Crippen LogP) is 2.10. The molecule has 7 nitrogen and oxygen atoms in total. The summed E-state index contributed by atoms with van der Waals surface area (Å²) in [5.74, 6) is -0.370. The summed E-state index contributed by atoms with van der Waals surface area (Å²) >= 11 is 0. The highest BCUT2D eigenvalue weighted by Crippen LogP contribution is 2.24. The first-order chi connectivity index (χ1) is 12.7. The average Bonchev–Trinajstić information content (AvgIpc) is 2.96. The topological polar surface area (TPSA) is 99.6 Å². The van der Waals surface area contributed by atoms with Crippen molar-refractivity contribution in [3.63, 3.8) is 0 Å². The van der Waals surface area contributed by atoms with Crippen LogP contribution in [-0.4, -0.2) is 54.4 Å². The van der Waals surface area contributed by atoms with Crippen molar-refractivity contribution in [3.8, 4) is 11.3 Å². The van der Waals surface area contributed by atoms with Crippen LogP contribution in [0, 0.1) is 5.82 Å². The molecule has 0 unspecified atom stereocenters. The second kappa shape index (κ2) is 7.61. The second-order valence-electron chi connectivity index (χ2n) is 6.56. The molecule has 2 N–H and O–H groups in total. The maximum absolute atomic E-state index is 13.5. The summed E-state index contributed by atoms with van der Waals surface area (Å²) < 4.78 is 39.2. The lowest BCUT2D eigenvalue weighted by Gasteiger charge is -2.26. The molecule has 1 aromatic heterocycles. The molecule has 27 heavy (non-hydrogen) atoms. The number of carboxylic acid groups (broad SMARTS) is 1. The van der Waals surface area contributed by atoms with Gasteiger partial charge in [-0.3, -0.25) is 4.98 Å². The number of nitrogens with zero attached hydrogens (tertiary/aromatic N) is 2. The summed E-state index contributed by atoms with van der Waals surface area (Å²) in [6.07, 6.45) is 0.603. The number of pyridine rings is 1. The first-order valence-electron chi connectivity index (χ1n) is 8.42. The Morgan fingerprint density at radius 1 is 1.33 bits per heavy atom. The van der Waals surface area contributed by atoms with E-state index in [1.54, 1.807) is 30.3 Å². The Kier molecular flexibility index (Phi) is 5.43. The molecule has 1 aliphatic rings. The molecule has 1 aromatic carbocycles. The van der Waals surface area contributed by atoms with Gasteiger partial charge < -0.3 is 10.0 Å². The molecule has 1 amide bonds. The van der Waals surface area contributed by atoms with Gasteiger partial charge in [0.1, 0.15) is 5.82 Å². The highest BCUT2D eigenvalue weighted by atomic mass is 32.2. The number of nitrogens with one attached hydrogen (secondary N) is 1. The molecule has 2 aromatic rings. The van der Waals surface area contributed by atoms with Crippen LogP contribution in [0.3, 0.4) is 0 Å². The van der Waals surface area contributed by atoms with Crippen molar-refractivity contribution in [1.29, 1.82) is 0 Å². The molecule has 0 saturated carbocycles. The summed E-state index contributed by atoms with van der Waals surface area (Å²) in [4.78, 5) is 17.3. The van der Waals surface area contributed by atoms with Crippen molar-refractivity contribution in [2.24, 2.45) is 0 Å². The fraction of sp³-hybridized carbons (Fsp3) is 0.333. The van der Waals surface area contributed by atoms with Crippen molar-refractivity contribution in [3.05, 3.63) is 54.0 Å². The van der Waals surface area contributed by atoms with Crippen LogP contribution >= 0.6 is 0 Å². The molecular weight excluding hydrogens is 373 g/mol. The number of likely N-dealkylation sites (tertiary alicyclic amines) is 1. The van der Waals surface area contributed by atoms with E-state index in [0.29, 0.717) is 23.4 Å². The smallest absolute Gasteiger partial charge is 0.407 e. The van der Waals surface area contributed by atoms with Crippen molar-refractivity contribution in [2.75, 3.05) is 12.8 Å². The van der Waals surface area contributed by atoms with Crippen molar-refractivity contribution in [1.82, 2.24) is 14.6 Å². The van der Waals surface area contributed by atoms with Crippen molar-refractivity contribution >= 4 is 16.1 Å². The van der Waals surface area contributed by atoms with E-state index in [9.17, 15) is 22.7 Å². The van der Waals surface area contributed by atoms with Gasteiger partial charge in [0, 0.05) is 30.3 Å². The van der Waals surface area contributed by atoms with Gasteiger partial charge in [0.25, 0.3) is 0 Å². The van der Waals surface area contributed by atoms with Crippen LogP contribution in [0.15, 0.2) is 42.5 Å². The van der Waals surface area contributed by atoms with Crippen LogP contribution in [0.25, 0.3) is 11.3 Å². The number of amides is 1. The van der Waals surface area contributed by atoms with Crippen molar-refractivity contribution in [2.45, 2.75) is 24.9 Å². The van der Waals surface area contributed by atoms with E-state index in [-0.39, 0.29) is 18.8 Å². The van der Waals surface area contributed by atoms with Crippen LogP contribution in [0.2, 0.25) is 0 Å². The molecule has 1 saturated heterocycles.